The zero-order chi connectivity index (χ0) is 21.5. The van der Waals surface area contributed by atoms with Crippen LogP contribution >= 0.6 is 11.3 Å². The third kappa shape index (κ3) is 3.44. The van der Waals surface area contributed by atoms with E-state index in [1.165, 1.54) is 17.4 Å². The van der Waals surface area contributed by atoms with Crippen molar-refractivity contribution in [3.8, 4) is 11.3 Å². The summed E-state index contributed by atoms with van der Waals surface area (Å²) in [7, 11) is 0. The van der Waals surface area contributed by atoms with Gasteiger partial charge in [-0.2, -0.15) is 0 Å². The summed E-state index contributed by atoms with van der Waals surface area (Å²) in [4.78, 5) is 27.6. The Labute approximate surface area is 181 Å². The molecular weight excluding hydrogens is 421 g/mol. The number of ether oxygens (including phenoxy) is 1. The molecule has 2 amide bonds. The molecule has 0 saturated carbocycles. The van der Waals surface area contributed by atoms with E-state index in [-0.39, 0.29) is 17.8 Å². The van der Waals surface area contributed by atoms with E-state index >= 15 is 0 Å². The molecule has 0 saturated heterocycles. The summed E-state index contributed by atoms with van der Waals surface area (Å²) in [5.74, 6) is 0.315. The predicted octanol–water partition coefficient (Wildman–Crippen LogP) is 4.52. The molecule has 4 heterocycles. The minimum atomic E-state index is -0.568. The van der Waals surface area contributed by atoms with Crippen molar-refractivity contribution in [3.05, 3.63) is 64.0 Å². The average Bonchev–Trinajstić information content (AvgIpc) is 3.38. The van der Waals surface area contributed by atoms with Crippen molar-refractivity contribution in [3.63, 3.8) is 0 Å². The first-order valence-corrected chi connectivity index (χ1v) is 10.8. The van der Waals surface area contributed by atoms with E-state index in [2.05, 4.69) is 10.6 Å². The standard InChI is InChI=1S/C22H20FN3O4S/c1-2-29-22(28)26-10-9-13-17(11-26)31-21-18(13)20(27)24-19(25-21)16-8-7-15(30-16)12-5-3-4-6-14(12)23/h3-8,19,25H,2,9-11H2,1H3,(H,24,27)/t19-/m0/s1. The second-order valence-corrected chi connectivity index (χ2v) is 8.42. The van der Waals surface area contributed by atoms with Crippen LogP contribution in [-0.2, 0) is 17.7 Å². The maximum absolute atomic E-state index is 14.1. The van der Waals surface area contributed by atoms with Crippen LogP contribution in [0.15, 0.2) is 40.8 Å². The predicted molar refractivity (Wildman–Crippen MR) is 113 cm³/mol. The lowest BCUT2D eigenvalue weighted by atomic mass is 10.0. The fraction of sp³-hybridized carbons (Fsp3) is 0.273. The summed E-state index contributed by atoms with van der Waals surface area (Å²) in [6.07, 6.45) is -0.314. The number of nitrogens with one attached hydrogen (secondary N) is 2. The van der Waals surface area contributed by atoms with Crippen LogP contribution in [-0.4, -0.2) is 30.1 Å². The van der Waals surface area contributed by atoms with Gasteiger partial charge >= 0.3 is 6.09 Å². The van der Waals surface area contributed by atoms with Crippen LogP contribution in [0.3, 0.4) is 0 Å². The van der Waals surface area contributed by atoms with E-state index in [9.17, 15) is 14.0 Å². The Hall–Kier alpha value is -3.33. The largest absolute Gasteiger partial charge is 0.457 e. The van der Waals surface area contributed by atoms with Gasteiger partial charge in [0.05, 0.1) is 24.3 Å². The van der Waals surface area contributed by atoms with Gasteiger partial charge in [0.15, 0.2) is 6.17 Å². The Balaban J connectivity index is 1.39. The van der Waals surface area contributed by atoms with Crippen LogP contribution in [0.1, 0.15) is 39.6 Å². The second kappa shape index (κ2) is 7.73. The molecule has 1 aromatic carbocycles. The first-order chi connectivity index (χ1) is 15.0. The van der Waals surface area contributed by atoms with Gasteiger partial charge in [-0.1, -0.05) is 12.1 Å². The number of halogens is 1. The van der Waals surface area contributed by atoms with Crippen LogP contribution in [0, 0.1) is 5.82 Å². The summed E-state index contributed by atoms with van der Waals surface area (Å²) in [5, 5.41) is 6.98. The van der Waals surface area contributed by atoms with Gasteiger partial charge in [0, 0.05) is 11.4 Å². The van der Waals surface area contributed by atoms with Gasteiger partial charge in [-0.15, -0.1) is 11.3 Å². The topological polar surface area (TPSA) is 83.8 Å². The lowest BCUT2D eigenvalue weighted by Gasteiger charge is -2.27. The van der Waals surface area contributed by atoms with Crippen molar-refractivity contribution < 1.29 is 23.1 Å². The highest BCUT2D eigenvalue weighted by atomic mass is 32.1. The molecule has 160 valence electrons. The number of carbonyl (C=O) groups excluding carboxylic acids is 2. The molecular formula is C22H20FN3O4S. The Morgan fingerprint density at radius 2 is 2.13 bits per heavy atom. The van der Waals surface area contributed by atoms with Gasteiger partial charge < -0.3 is 24.7 Å². The normalized spacial score (nSPS) is 17.4. The molecule has 2 aromatic heterocycles. The van der Waals surface area contributed by atoms with Crippen LogP contribution in [0.5, 0.6) is 0 Å². The third-order valence-corrected chi connectivity index (χ3v) is 6.56. The van der Waals surface area contributed by atoms with Gasteiger partial charge in [-0.05, 0) is 43.2 Å². The molecule has 1 atom stereocenters. The van der Waals surface area contributed by atoms with Gasteiger partial charge in [0.25, 0.3) is 5.91 Å². The van der Waals surface area contributed by atoms with Crippen molar-refractivity contribution in [1.29, 1.82) is 0 Å². The van der Waals surface area contributed by atoms with Crippen molar-refractivity contribution in [2.45, 2.75) is 26.1 Å². The molecule has 7 nitrogen and oxygen atoms in total. The zero-order valence-corrected chi connectivity index (χ0v) is 17.6. The number of nitrogens with zero attached hydrogens (tertiary/aromatic N) is 1. The van der Waals surface area contributed by atoms with Crippen LogP contribution in [0.25, 0.3) is 11.3 Å². The fourth-order valence-corrected chi connectivity index (χ4v) is 5.23. The number of furan rings is 1. The zero-order valence-electron chi connectivity index (χ0n) is 16.7. The third-order valence-electron chi connectivity index (χ3n) is 5.41. The summed E-state index contributed by atoms with van der Waals surface area (Å²) in [5.41, 5.74) is 1.96. The molecule has 0 fully saturated rings. The Bertz CT molecular complexity index is 1170. The number of benzene rings is 1. The summed E-state index contributed by atoms with van der Waals surface area (Å²) < 4.78 is 25.0. The smallest absolute Gasteiger partial charge is 0.410 e. The van der Waals surface area contributed by atoms with E-state index in [4.69, 9.17) is 9.15 Å². The molecule has 3 aromatic rings. The fourth-order valence-electron chi connectivity index (χ4n) is 3.94. The number of hydrogen-bond acceptors (Lipinski definition) is 6. The van der Waals surface area contributed by atoms with Gasteiger partial charge in [0.2, 0.25) is 0 Å². The van der Waals surface area contributed by atoms with Gasteiger partial charge in [0.1, 0.15) is 22.3 Å². The number of carbonyl (C=O) groups is 2. The van der Waals surface area contributed by atoms with E-state index in [0.29, 0.717) is 48.8 Å². The average molecular weight is 441 g/mol. The molecule has 2 aliphatic heterocycles. The number of hydrogen-bond donors (Lipinski definition) is 2. The molecule has 0 aliphatic carbocycles. The van der Waals surface area contributed by atoms with E-state index in [1.54, 1.807) is 42.2 Å². The van der Waals surface area contributed by atoms with Crippen molar-refractivity contribution in [1.82, 2.24) is 10.2 Å². The lowest BCUT2D eigenvalue weighted by Crippen LogP contribution is -2.39. The highest BCUT2D eigenvalue weighted by molar-refractivity contribution is 7.16. The first kappa shape index (κ1) is 19.6. The summed E-state index contributed by atoms with van der Waals surface area (Å²) in [6, 6.07) is 9.79. The van der Waals surface area contributed by atoms with Gasteiger partial charge in [-0.25, -0.2) is 9.18 Å². The van der Waals surface area contributed by atoms with Crippen molar-refractivity contribution in [2.75, 3.05) is 18.5 Å². The summed E-state index contributed by atoms with van der Waals surface area (Å²) >= 11 is 1.46. The number of amides is 2. The van der Waals surface area contributed by atoms with Crippen LogP contribution in [0.2, 0.25) is 0 Å². The molecule has 0 bridgehead atoms. The van der Waals surface area contributed by atoms with E-state index in [1.807, 2.05) is 0 Å². The molecule has 0 radical (unpaired) electrons. The number of thiophene rings is 1. The summed E-state index contributed by atoms with van der Waals surface area (Å²) in [6.45, 7) is 3.03. The number of anilines is 1. The first-order valence-electron chi connectivity index (χ1n) is 10.0. The SMILES string of the molecule is CCOC(=O)N1CCc2c(sc3c2C(=O)N[C@H](c2ccc(-c4ccccc4F)o2)N3)C1. The quantitative estimate of drug-likeness (QED) is 0.625. The molecule has 31 heavy (non-hydrogen) atoms. The number of fused-ring (bicyclic) bond motifs is 3. The Morgan fingerprint density at radius 1 is 1.29 bits per heavy atom. The number of rotatable bonds is 3. The van der Waals surface area contributed by atoms with Crippen LogP contribution < -0.4 is 10.6 Å². The maximum Gasteiger partial charge on any atom is 0.410 e. The molecule has 2 aliphatic rings. The molecule has 9 heteroatoms. The molecule has 2 N–H and O–H groups in total. The maximum atomic E-state index is 14.1. The Morgan fingerprint density at radius 3 is 2.94 bits per heavy atom. The molecule has 0 unspecified atom stereocenters. The van der Waals surface area contributed by atoms with Crippen LogP contribution in [0.4, 0.5) is 14.2 Å². The molecule has 5 rings (SSSR count). The Kier molecular flexibility index (Phi) is 4.90. The minimum Gasteiger partial charge on any atom is -0.457 e. The van der Waals surface area contributed by atoms with Crippen molar-refractivity contribution in [2.24, 2.45) is 0 Å². The molecule has 0 spiro atoms. The van der Waals surface area contributed by atoms with Crippen molar-refractivity contribution >= 4 is 28.3 Å². The highest BCUT2D eigenvalue weighted by Crippen LogP contribution is 2.41. The monoisotopic (exact) mass is 441 g/mol. The lowest BCUT2D eigenvalue weighted by molar-refractivity contribution is 0.0929. The van der Waals surface area contributed by atoms with E-state index in [0.717, 1.165) is 15.4 Å². The second-order valence-electron chi connectivity index (χ2n) is 7.31. The minimum absolute atomic E-state index is 0.190. The van der Waals surface area contributed by atoms with Gasteiger partial charge in [-0.3, -0.25) is 4.79 Å². The van der Waals surface area contributed by atoms with E-state index < -0.39 is 6.17 Å². The highest BCUT2D eigenvalue weighted by Gasteiger charge is 2.35.